The van der Waals surface area contributed by atoms with Gasteiger partial charge in [0.25, 0.3) is 0 Å². The van der Waals surface area contributed by atoms with Crippen molar-refractivity contribution in [3.63, 3.8) is 0 Å². The van der Waals surface area contributed by atoms with Crippen LogP contribution in [0.2, 0.25) is 0 Å². The molecule has 4 nitrogen and oxygen atoms in total. The third-order valence-electron chi connectivity index (χ3n) is 3.41. The van der Waals surface area contributed by atoms with E-state index < -0.39 is 12.1 Å². The second-order valence-electron chi connectivity index (χ2n) is 5.37. The molecule has 2 aromatic heterocycles. The summed E-state index contributed by atoms with van der Waals surface area (Å²) in [5, 5.41) is 3.35. The van der Waals surface area contributed by atoms with Crippen LogP contribution in [0.25, 0.3) is 10.7 Å². The fraction of sp³-hybridized carbons (Fsp3) is 0.500. The molecule has 0 N–H and O–H groups in total. The Kier molecular flexibility index (Phi) is 4.03. The lowest BCUT2D eigenvalue weighted by atomic mass is 10.1. The zero-order valence-electron chi connectivity index (χ0n) is 11.5. The maximum absolute atomic E-state index is 12.4. The lowest BCUT2D eigenvalue weighted by Gasteiger charge is -1.97. The first-order valence-corrected chi connectivity index (χ1v) is 7.75. The molecule has 0 radical (unpaired) electrons. The molecular weight excluding hydrogens is 317 g/mol. The number of rotatable bonds is 6. The minimum atomic E-state index is -4.64. The van der Waals surface area contributed by atoms with E-state index in [9.17, 15) is 18.0 Å². The van der Waals surface area contributed by atoms with Crippen molar-refractivity contribution in [2.24, 2.45) is 5.92 Å². The zero-order valence-corrected chi connectivity index (χ0v) is 12.3. The summed E-state index contributed by atoms with van der Waals surface area (Å²) in [6.45, 7) is 0. The van der Waals surface area contributed by atoms with Crippen molar-refractivity contribution in [1.82, 2.24) is 10.1 Å². The Hall–Kier alpha value is -1.70. The van der Waals surface area contributed by atoms with Crippen molar-refractivity contribution >= 4 is 17.1 Å². The Morgan fingerprint density at radius 2 is 2.14 bits per heavy atom. The van der Waals surface area contributed by atoms with Crippen molar-refractivity contribution < 1.29 is 22.5 Å². The van der Waals surface area contributed by atoms with Crippen LogP contribution in [-0.2, 0) is 17.4 Å². The van der Waals surface area contributed by atoms with Crippen LogP contribution in [0.3, 0.4) is 0 Å². The first kappa shape index (κ1) is 15.2. The molecule has 2 aromatic rings. The summed E-state index contributed by atoms with van der Waals surface area (Å²) in [6.07, 6.45) is -0.627. The summed E-state index contributed by atoms with van der Waals surface area (Å²) in [6, 6.07) is 3.43. The maximum atomic E-state index is 12.4. The summed E-state index contributed by atoms with van der Waals surface area (Å²) < 4.78 is 41.4. The van der Waals surface area contributed by atoms with Crippen LogP contribution in [0.1, 0.15) is 36.5 Å². The molecule has 1 saturated carbocycles. The van der Waals surface area contributed by atoms with E-state index in [-0.39, 0.29) is 11.6 Å². The summed E-state index contributed by atoms with van der Waals surface area (Å²) in [7, 11) is 0. The smallest absolute Gasteiger partial charge is 0.329 e. The van der Waals surface area contributed by atoms with Crippen molar-refractivity contribution in [3.8, 4) is 10.7 Å². The highest BCUT2D eigenvalue weighted by molar-refractivity contribution is 7.15. The maximum Gasteiger partial charge on any atom is 0.471 e. The number of aromatic nitrogens is 2. The Labute approximate surface area is 128 Å². The largest absolute Gasteiger partial charge is 0.471 e. The normalized spacial score (nSPS) is 15.2. The van der Waals surface area contributed by atoms with Gasteiger partial charge in [-0.15, -0.1) is 11.3 Å². The first-order valence-electron chi connectivity index (χ1n) is 6.93. The van der Waals surface area contributed by atoms with Crippen molar-refractivity contribution in [1.29, 1.82) is 0 Å². The van der Waals surface area contributed by atoms with Gasteiger partial charge in [-0.1, -0.05) is 5.16 Å². The van der Waals surface area contributed by atoms with E-state index in [1.54, 1.807) is 12.1 Å². The van der Waals surface area contributed by atoms with Gasteiger partial charge in [-0.2, -0.15) is 18.2 Å². The van der Waals surface area contributed by atoms with E-state index in [1.807, 2.05) is 0 Å². The van der Waals surface area contributed by atoms with Gasteiger partial charge < -0.3 is 4.52 Å². The topological polar surface area (TPSA) is 56.0 Å². The van der Waals surface area contributed by atoms with Crippen LogP contribution in [0.5, 0.6) is 0 Å². The molecule has 0 atom stereocenters. The molecule has 1 aliphatic rings. The van der Waals surface area contributed by atoms with E-state index in [0.717, 1.165) is 17.7 Å². The van der Waals surface area contributed by atoms with E-state index >= 15 is 0 Å². The van der Waals surface area contributed by atoms with Gasteiger partial charge in [-0.05, 0) is 37.3 Å². The standard InChI is InChI=1S/C14H13F3N2O2S/c15-14(16,17)13-18-12(19-21-13)11-6-5-10(22-11)4-3-9(20)7-8-1-2-8/h5-6,8H,1-4,7H2. The lowest BCUT2D eigenvalue weighted by molar-refractivity contribution is -0.159. The number of alkyl halides is 3. The average Bonchev–Trinajstić information content (AvgIpc) is 2.95. The van der Waals surface area contributed by atoms with E-state index in [1.165, 1.54) is 11.3 Å². The second kappa shape index (κ2) is 5.83. The molecule has 0 amide bonds. The molecular formula is C14H13F3N2O2S. The molecule has 3 rings (SSSR count). The van der Waals surface area contributed by atoms with Crippen molar-refractivity contribution in [2.45, 2.75) is 38.3 Å². The third kappa shape index (κ3) is 3.73. The molecule has 1 aliphatic carbocycles. The van der Waals surface area contributed by atoms with Gasteiger partial charge in [0, 0.05) is 17.7 Å². The Balaban J connectivity index is 1.60. The van der Waals surface area contributed by atoms with Gasteiger partial charge in [-0.25, -0.2) is 0 Å². The molecule has 118 valence electrons. The number of nitrogens with zero attached hydrogens (tertiary/aromatic N) is 2. The fourth-order valence-electron chi connectivity index (χ4n) is 2.08. The van der Waals surface area contributed by atoms with E-state index in [2.05, 4.69) is 14.7 Å². The molecule has 0 spiro atoms. The highest BCUT2D eigenvalue weighted by atomic mass is 32.1. The van der Waals surface area contributed by atoms with Gasteiger partial charge >= 0.3 is 12.1 Å². The summed E-state index contributed by atoms with van der Waals surface area (Å²) >= 11 is 1.28. The molecule has 1 fully saturated rings. The molecule has 0 aromatic carbocycles. The Morgan fingerprint density at radius 1 is 1.36 bits per heavy atom. The van der Waals surface area contributed by atoms with Crippen LogP contribution in [-0.4, -0.2) is 15.9 Å². The minimum Gasteiger partial charge on any atom is -0.329 e. The Bertz CT molecular complexity index is 674. The highest BCUT2D eigenvalue weighted by Gasteiger charge is 2.38. The summed E-state index contributed by atoms with van der Waals surface area (Å²) in [5.41, 5.74) is 0. The number of halogens is 3. The van der Waals surface area contributed by atoms with Crippen LogP contribution in [0.4, 0.5) is 13.2 Å². The molecule has 2 heterocycles. The number of carbonyl (C=O) groups is 1. The molecule has 0 bridgehead atoms. The number of hydrogen-bond acceptors (Lipinski definition) is 5. The molecule has 22 heavy (non-hydrogen) atoms. The number of ketones is 1. The van der Waals surface area contributed by atoms with Crippen LogP contribution < -0.4 is 0 Å². The Morgan fingerprint density at radius 3 is 2.77 bits per heavy atom. The van der Waals surface area contributed by atoms with Gasteiger partial charge in [0.05, 0.1) is 4.88 Å². The predicted octanol–water partition coefficient (Wildman–Crippen LogP) is 4.12. The van der Waals surface area contributed by atoms with Crippen molar-refractivity contribution in [2.75, 3.05) is 0 Å². The minimum absolute atomic E-state index is 0.0760. The number of hydrogen-bond donors (Lipinski definition) is 0. The number of aryl methyl sites for hydroxylation is 1. The fourth-order valence-corrected chi connectivity index (χ4v) is 3.01. The molecule has 8 heteroatoms. The molecule has 0 saturated heterocycles. The predicted molar refractivity (Wildman–Crippen MR) is 73.3 cm³/mol. The van der Waals surface area contributed by atoms with Crippen LogP contribution >= 0.6 is 11.3 Å². The average molecular weight is 330 g/mol. The lowest BCUT2D eigenvalue weighted by Crippen LogP contribution is -2.04. The third-order valence-corrected chi connectivity index (χ3v) is 4.56. The highest BCUT2D eigenvalue weighted by Crippen LogP contribution is 2.34. The summed E-state index contributed by atoms with van der Waals surface area (Å²) in [5.74, 6) is -0.604. The van der Waals surface area contributed by atoms with E-state index in [0.29, 0.717) is 30.1 Å². The van der Waals surface area contributed by atoms with Gasteiger partial charge in [0.15, 0.2) is 0 Å². The number of Topliss-reactive ketones (excluding diaryl/α,β-unsaturated/α-hetero) is 1. The van der Waals surface area contributed by atoms with Crippen LogP contribution in [0, 0.1) is 5.92 Å². The second-order valence-corrected chi connectivity index (χ2v) is 6.54. The number of thiophene rings is 1. The summed E-state index contributed by atoms with van der Waals surface area (Å²) in [4.78, 5) is 16.5. The SMILES string of the molecule is O=C(CCc1ccc(-c2noc(C(F)(F)F)n2)s1)CC1CC1. The molecule has 0 unspecified atom stereocenters. The first-order chi connectivity index (χ1) is 10.4. The van der Waals surface area contributed by atoms with Gasteiger partial charge in [0.1, 0.15) is 5.78 Å². The van der Waals surface area contributed by atoms with Gasteiger partial charge in [0.2, 0.25) is 5.82 Å². The monoisotopic (exact) mass is 330 g/mol. The van der Waals surface area contributed by atoms with Gasteiger partial charge in [-0.3, -0.25) is 4.79 Å². The van der Waals surface area contributed by atoms with Crippen LogP contribution in [0.15, 0.2) is 16.7 Å². The zero-order chi connectivity index (χ0) is 15.7. The van der Waals surface area contributed by atoms with E-state index in [4.69, 9.17) is 0 Å². The quantitative estimate of drug-likeness (QED) is 0.799. The number of carbonyl (C=O) groups excluding carboxylic acids is 1. The molecule has 0 aliphatic heterocycles. The van der Waals surface area contributed by atoms with Crippen molar-refractivity contribution in [3.05, 3.63) is 22.9 Å².